The third-order valence-corrected chi connectivity index (χ3v) is 5.03. The lowest BCUT2D eigenvalue weighted by atomic mass is 9.82. The predicted octanol–water partition coefficient (Wildman–Crippen LogP) is 3.18. The second-order valence-corrected chi connectivity index (χ2v) is 6.73. The van der Waals surface area contributed by atoms with E-state index in [9.17, 15) is 0 Å². The van der Waals surface area contributed by atoms with Crippen LogP contribution in [0.4, 0.5) is 0 Å². The highest BCUT2D eigenvalue weighted by molar-refractivity contribution is 6.33. The highest BCUT2D eigenvalue weighted by atomic mass is 35.5. The summed E-state index contributed by atoms with van der Waals surface area (Å²) >= 11 is 6.09. The monoisotopic (exact) mass is 330 g/mol. The molecule has 1 aliphatic carbocycles. The summed E-state index contributed by atoms with van der Waals surface area (Å²) < 4.78 is 4.02. The molecule has 0 radical (unpaired) electrons. The van der Waals surface area contributed by atoms with Gasteiger partial charge in [0.25, 0.3) is 0 Å². The van der Waals surface area contributed by atoms with Gasteiger partial charge in [-0.1, -0.05) is 11.6 Å². The van der Waals surface area contributed by atoms with Crippen molar-refractivity contribution in [3.05, 3.63) is 36.1 Å². The number of rotatable bonds is 4. The van der Waals surface area contributed by atoms with Gasteiger partial charge in [0.1, 0.15) is 11.5 Å². The van der Waals surface area contributed by atoms with Crippen molar-refractivity contribution < 1.29 is 0 Å². The Balaban J connectivity index is 1.36. The number of nitrogens with zero attached hydrogens (tertiary/aromatic N) is 6. The quantitative estimate of drug-likeness (QED) is 0.689. The molecule has 0 spiro atoms. The molecular formula is C16H19ClN6. The van der Waals surface area contributed by atoms with Crippen molar-refractivity contribution in [2.75, 3.05) is 0 Å². The molecule has 4 rings (SSSR count). The highest BCUT2D eigenvalue weighted by Crippen LogP contribution is 2.31. The second-order valence-electron chi connectivity index (χ2n) is 6.37. The normalized spacial score (nSPS) is 21.8. The van der Waals surface area contributed by atoms with Crippen molar-refractivity contribution in [1.82, 2.24) is 29.5 Å². The van der Waals surface area contributed by atoms with E-state index in [1.54, 1.807) is 0 Å². The number of fused-ring (bicyclic) bond motifs is 1. The van der Waals surface area contributed by atoms with Crippen molar-refractivity contribution >= 4 is 22.6 Å². The molecule has 0 unspecified atom stereocenters. The van der Waals surface area contributed by atoms with E-state index in [0.29, 0.717) is 16.7 Å². The highest BCUT2D eigenvalue weighted by Gasteiger charge is 2.22. The number of hydrogen-bond donors (Lipinski definition) is 0. The molecule has 120 valence electrons. The van der Waals surface area contributed by atoms with Gasteiger partial charge in [-0.2, -0.15) is 10.2 Å². The minimum Gasteiger partial charge on any atom is -0.272 e. The van der Waals surface area contributed by atoms with E-state index in [4.69, 9.17) is 11.6 Å². The average Bonchev–Trinajstić information content (AvgIpc) is 3.19. The van der Waals surface area contributed by atoms with Gasteiger partial charge in [-0.15, -0.1) is 0 Å². The molecule has 0 aromatic carbocycles. The maximum absolute atomic E-state index is 6.09. The van der Waals surface area contributed by atoms with E-state index in [-0.39, 0.29) is 0 Å². The summed E-state index contributed by atoms with van der Waals surface area (Å²) in [6.45, 7) is 1.97. The lowest BCUT2D eigenvalue weighted by molar-refractivity contribution is 0.224. The maximum Gasteiger partial charge on any atom is 0.185 e. The first-order valence-corrected chi connectivity index (χ1v) is 8.47. The van der Waals surface area contributed by atoms with Gasteiger partial charge in [0.2, 0.25) is 0 Å². The summed E-state index contributed by atoms with van der Waals surface area (Å²) in [6, 6.07) is 1.99. The van der Waals surface area contributed by atoms with Gasteiger partial charge in [-0.3, -0.25) is 9.36 Å². The van der Waals surface area contributed by atoms with Crippen LogP contribution >= 0.6 is 11.6 Å². The van der Waals surface area contributed by atoms with Crippen LogP contribution in [-0.4, -0.2) is 29.5 Å². The largest absolute Gasteiger partial charge is 0.272 e. The predicted molar refractivity (Wildman–Crippen MR) is 88.0 cm³/mol. The fourth-order valence-corrected chi connectivity index (χ4v) is 3.66. The van der Waals surface area contributed by atoms with Crippen molar-refractivity contribution in [2.24, 2.45) is 11.8 Å². The minimum atomic E-state index is 0.476. The first-order chi connectivity index (χ1) is 11.3. The standard InChI is InChI=1S/C16H19ClN6/c17-15-14-10-23(21-16(14)19-11-18-15)9-13-4-2-12(3-5-13)8-22-7-1-6-20-22/h1,6-7,10-13H,2-5,8-9H2. The van der Waals surface area contributed by atoms with Gasteiger partial charge in [0.05, 0.1) is 5.39 Å². The Morgan fingerprint density at radius 2 is 1.78 bits per heavy atom. The molecule has 6 nitrogen and oxygen atoms in total. The Kier molecular flexibility index (Phi) is 3.99. The van der Waals surface area contributed by atoms with E-state index in [1.165, 1.54) is 32.0 Å². The second kappa shape index (κ2) is 6.28. The van der Waals surface area contributed by atoms with Gasteiger partial charge < -0.3 is 0 Å². The van der Waals surface area contributed by atoms with Gasteiger partial charge in [0, 0.05) is 31.7 Å². The van der Waals surface area contributed by atoms with Crippen LogP contribution < -0.4 is 0 Å². The third kappa shape index (κ3) is 3.22. The molecule has 7 heteroatoms. The Labute approximate surface area is 139 Å². The Morgan fingerprint density at radius 3 is 2.43 bits per heavy atom. The molecule has 1 fully saturated rings. The summed E-state index contributed by atoms with van der Waals surface area (Å²) in [5, 5.41) is 10.1. The fourth-order valence-electron chi connectivity index (χ4n) is 3.48. The lowest BCUT2D eigenvalue weighted by Crippen LogP contribution is -2.22. The molecule has 0 atom stereocenters. The van der Waals surface area contributed by atoms with Crippen molar-refractivity contribution in [1.29, 1.82) is 0 Å². The summed E-state index contributed by atoms with van der Waals surface area (Å²) in [5.41, 5.74) is 0.678. The van der Waals surface area contributed by atoms with Crippen LogP contribution in [0.2, 0.25) is 5.15 Å². The summed E-state index contributed by atoms with van der Waals surface area (Å²) in [6.07, 6.45) is 12.3. The number of aromatic nitrogens is 6. The van der Waals surface area contributed by atoms with E-state index >= 15 is 0 Å². The number of hydrogen-bond acceptors (Lipinski definition) is 4. The van der Waals surface area contributed by atoms with E-state index in [2.05, 4.69) is 20.2 Å². The molecule has 0 aliphatic heterocycles. The molecule has 0 N–H and O–H groups in total. The molecule has 0 amide bonds. The Bertz CT molecular complexity index is 773. The van der Waals surface area contributed by atoms with Crippen molar-refractivity contribution in [3.8, 4) is 0 Å². The molecule has 1 aliphatic rings. The zero-order chi connectivity index (χ0) is 15.6. The first-order valence-electron chi connectivity index (χ1n) is 8.09. The van der Waals surface area contributed by atoms with Crippen molar-refractivity contribution in [2.45, 2.75) is 38.8 Å². The SMILES string of the molecule is Clc1ncnc2nn(CC3CCC(Cn4cccn4)CC3)cc12. The van der Waals surface area contributed by atoms with Crippen LogP contribution in [0.3, 0.4) is 0 Å². The van der Waals surface area contributed by atoms with Crippen LogP contribution in [0, 0.1) is 11.8 Å². The van der Waals surface area contributed by atoms with Gasteiger partial charge in [-0.05, 0) is 43.6 Å². The van der Waals surface area contributed by atoms with Gasteiger partial charge >= 0.3 is 0 Å². The molecule has 3 aromatic heterocycles. The molecule has 0 saturated heterocycles. The maximum atomic E-state index is 6.09. The minimum absolute atomic E-state index is 0.476. The molecule has 1 saturated carbocycles. The summed E-state index contributed by atoms with van der Waals surface area (Å²) in [4.78, 5) is 8.18. The van der Waals surface area contributed by atoms with Crippen LogP contribution in [-0.2, 0) is 13.1 Å². The zero-order valence-electron chi connectivity index (χ0n) is 12.8. The van der Waals surface area contributed by atoms with E-state index < -0.39 is 0 Å². The van der Waals surface area contributed by atoms with E-state index in [1.807, 2.05) is 34.0 Å². The fraction of sp³-hybridized carbons (Fsp3) is 0.500. The van der Waals surface area contributed by atoms with Gasteiger partial charge in [-0.25, -0.2) is 9.97 Å². The topological polar surface area (TPSA) is 61.4 Å². The van der Waals surface area contributed by atoms with Gasteiger partial charge in [0.15, 0.2) is 5.65 Å². The third-order valence-electron chi connectivity index (χ3n) is 4.73. The molecule has 3 aromatic rings. The lowest BCUT2D eigenvalue weighted by Gasteiger charge is -2.28. The van der Waals surface area contributed by atoms with E-state index in [0.717, 1.165) is 24.4 Å². The summed E-state index contributed by atoms with van der Waals surface area (Å²) in [7, 11) is 0. The van der Waals surface area contributed by atoms with Crippen LogP contribution in [0.1, 0.15) is 25.7 Å². The summed E-state index contributed by atoms with van der Waals surface area (Å²) in [5.74, 6) is 1.41. The van der Waals surface area contributed by atoms with Crippen LogP contribution in [0.5, 0.6) is 0 Å². The molecule has 3 heterocycles. The molecule has 0 bridgehead atoms. The van der Waals surface area contributed by atoms with Crippen molar-refractivity contribution in [3.63, 3.8) is 0 Å². The Hall–Kier alpha value is -1.95. The average molecular weight is 331 g/mol. The number of halogens is 1. The Morgan fingerprint density at radius 1 is 1.04 bits per heavy atom. The first kappa shape index (κ1) is 14.6. The van der Waals surface area contributed by atoms with Crippen LogP contribution in [0.25, 0.3) is 11.0 Å². The molecule has 23 heavy (non-hydrogen) atoms. The molecular weight excluding hydrogens is 312 g/mol. The smallest absolute Gasteiger partial charge is 0.185 e. The van der Waals surface area contributed by atoms with Crippen LogP contribution in [0.15, 0.2) is 31.0 Å². The zero-order valence-corrected chi connectivity index (χ0v) is 13.6.